The molecule has 1 aromatic rings. The lowest BCUT2D eigenvalue weighted by Gasteiger charge is -2.33. The second-order valence-electron chi connectivity index (χ2n) is 5.27. The van der Waals surface area contributed by atoms with E-state index in [-0.39, 0.29) is 6.04 Å². The van der Waals surface area contributed by atoms with Gasteiger partial charge in [-0.25, -0.2) is 0 Å². The Morgan fingerprint density at radius 3 is 2.55 bits per heavy atom. The first kappa shape index (κ1) is 15.4. The molecule has 1 unspecified atom stereocenters. The summed E-state index contributed by atoms with van der Waals surface area (Å²) < 4.78 is 28.0. The van der Waals surface area contributed by atoms with Gasteiger partial charge in [0.1, 0.15) is 0 Å². The van der Waals surface area contributed by atoms with Crippen LogP contribution in [0.4, 0.5) is 0 Å². The molecule has 1 N–H and O–H groups in total. The van der Waals surface area contributed by atoms with Crippen molar-refractivity contribution in [2.45, 2.75) is 25.4 Å². The number of benzene rings is 1. The summed E-state index contributed by atoms with van der Waals surface area (Å²) in [7, 11) is -0.101. The van der Waals surface area contributed by atoms with Gasteiger partial charge in [0, 0.05) is 33.2 Å². The average molecular weight is 297 g/mol. The normalized spacial score (nSPS) is 20.5. The fraction of sp³-hybridized carbons (Fsp3) is 0.571. The Morgan fingerprint density at radius 2 is 1.95 bits per heavy atom. The van der Waals surface area contributed by atoms with Gasteiger partial charge in [-0.05, 0) is 24.9 Å². The number of hydrogen-bond donors (Lipinski definition) is 1. The lowest BCUT2D eigenvalue weighted by Crippen LogP contribution is -2.50. The molecule has 20 heavy (non-hydrogen) atoms. The Hall–Kier alpha value is -0.950. The van der Waals surface area contributed by atoms with E-state index in [0.29, 0.717) is 6.54 Å². The molecule has 0 aliphatic carbocycles. The van der Waals surface area contributed by atoms with Gasteiger partial charge in [0.2, 0.25) is 0 Å². The highest BCUT2D eigenvalue weighted by molar-refractivity contribution is 7.86. The first-order chi connectivity index (χ1) is 9.51. The third-order valence-electron chi connectivity index (χ3n) is 3.79. The third kappa shape index (κ3) is 3.58. The Kier molecular flexibility index (Phi) is 5.15. The van der Waals surface area contributed by atoms with Crippen LogP contribution >= 0.6 is 0 Å². The number of nitrogens with zero attached hydrogens (tertiary/aromatic N) is 2. The van der Waals surface area contributed by atoms with E-state index in [1.165, 1.54) is 8.61 Å². The summed E-state index contributed by atoms with van der Waals surface area (Å²) in [6, 6.07) is 9.70. The molecule has 0 radical (unpaired) electrons. The third-order valence-corrected chi connectivity index (χ3v) is 5.73. The zero-order valence-corrected chi connectivity index (χ0v) is 12.9. The summed E-state index contributed by atoms with van der Waals surface area (Å²) in [5.41, 5.74) is 0.994. The zero-order valence-electron chi connectivity index (χ0n) is 12.1. The number of rotatable bonds is 5. The maximum Gasteiger partial charge on any atom is 0.282 e. The quantitative estimate of drug-likeness (QED) is 0.884. The van der Waals surface area contributed by atoms with Crippen molar-refractivity contribution in [2.24, 2.45) is 0 Å². The van der Waals surface area contributed by atoms with Crippen LogP contribution < -0.4 is 5.32 Å². The standard InChI is InChI=1S/C14H23N3O2S/c1-16(12-13-7-4-3-5-8-13)20(18,19)17(2)14-9-6-10-15-11-14/h3-5,7-8,14-15H,6,9-12H2,1-2H3. The average Bonchev–Trinajstić information content (AvgIpc) is 2.48. The summed E-state index contributed by atoms with van der Waals surface area (Å²) in [5, 5.41) is 3.25. The molecule has 1 atom stereocenters. The fourth-order valence-corrected chi connectivity index (χ4v) is 3.78. The van der Waals surface area contributed by atoms with Crippen LogP contribution in [0.1, 0.15) is 18.4 Å². The van der Waals surface area contributed by atoms with Crippen LogP contribution in [0, 0.1) is 0 Å². The molecule has 0 saturated carbocycles. The van der Waals surface area contributed by atoms with Crippen molar-refractivity contribution >= 4 is 10.2 Å². The van der Waals surface area contributed by atoms with E-state index in [2.05, 4.69) is 5.32 Å². The first-order valence-electron chi connectivity index (χ1n) is 6.96. The summed E-state index contributed by atoms with van der Waals surface area (Å²) >= 11 is 0. The predicted octanol–water partition coefficient (Wildman–Crippen LogP) is 1.05. The lowest BCUT2D eigenvalue weighted by atomic mass is 10.1. The van der Waals surface area contributed by atoms with Crippen LogP contribution in [0.25, 0.3) is 0 Å². The fourth-order valence-electron chi connectivity index (χ4n) is 2.47. The number of nitrogens with one attached hydrogen (secondary N) is 1. The van der Waals surface area contributed by atoms with Crippen molar-refractivity contribution in [3.63, 3.8) is 0 Å². The molecule has 0 amide bonds. The molecule has 1 saturated heterocycles. The Bertz CT molecular complexity index is 512. The van der Waals surface area contributed by atoms with Gasteiger partial charge in [0.25, 0.3) is 10.2 Å². The van der Waals surface area contributed by atoms with Gasteiger partial charge in [-0.2, -0.15) is 17.0 Å². The molecule has 1 fully saturated rings. The molecule has 2 rings (SSSR count). The molecule has 5 nitrogen and oxygen atoms in total. The van der Waals surface area contributed by atoms with Crippen LogP contribution in [-0.4, -0.2) is 50.3 Å². The van der Waals surface area contributed by atoms with E-state index < -0.39 is 10.2 Å². The molecular weight excluding hydrogens is 274 g/mol. The number of piperidine rings is 1. The second kappa shape index (κ2) is 6.67. The van der Waals surface area contributed by atoms with Gasteiger partial charge in [-0.15, -0.1) is 0 Å². The van der Waals surface area contributed by atoms with Crippen LogP contribution in [0.2, 0.25) is 0 Å². The van der Waals surface area contributed by atoms with E-state index in [1.807, 2.05) is 30.3 Å². The van der Waals surface area contributed by atoms with E-state index >= 15 is 0 Å². The molecule has 0 spiro atoms. The van der Waals surface area contributed by atoms with Crippen LogP contribution in [0.5, 0.6) is 0 Å². The Labute approximate surface area is 121 Å². The molecule has 0 bridgehead atoms. The van der Waals surface area contributed by atoms with Gasteiger partial charge in [0.15, 0.2) is 0 Å². The highest BCUT2D eigenvalue weighted by Crippen LogP contribution is 2.16. The predicted molar refractivity (Wildman–Crippen MR) is 80.5 cm³/mol. The van der Waals surface area contributed by atoms with Gasteiger partial charge < -0.3 is 5.32 Å². The number of hydrogen-bond acceptors (Lipinski definition) is 3. The molecular formula is C14H23N3O2S. The van der Waals surface area contributed by atoms with E-state index in [4.69, 9.17) is 0 Å². The summed E-state index contributed by atoms with van der Waals surface area (Å²) in [4.78, 5) is 0. The van der Waals surface area contributed by atoms with Gasteiger partial charge in [-0.3, -0.25) is 0 Å². The molecule has 1 aliphatic heterocycles. The van der Waals surface area contributed by atoms with E-state index in [0.717, 1.165) is 31.5 Å². The molecule has 0 aromatic heterocycles. The minimum absolute atomic E-state index is 0.0481. The highest BCUT2D eigenvalue weighted by atomic mass is 32.2. The molecule has 1 aliphatic rings. The van der Waals surface area contributed by atoms with Crippen molar-refractivity contribution in [2.75, 3.05) is 27.2 Å². The number of likely N-dealkylation sites (N-methyl/N-ethyl adjacent to an activating group) is 1. The first-order valence-corrected chi connectivity index (χ1v) is 8.35. The highest BCUT2D eigenvalue weighted by Gasteiger charge is 2.30. The van der Waals surface area contributed by atoms with Gasteiger partial charge in [-0.1, -0.05) is 30.3 Å². The van der Waals surface area contributed by atoms with Crippen LogP contribution in [0.3, 0.4) is 0 Å². The summed E-state index contributed by atoms with van der Waals surface area (Å²) in [6.07, 6.45) is 1.94. The van der Waals surface area contributed by atoms with Crippen molar-refractivity contribution < 1.29 is 8.42 Å². The van der Waals surface area contributed by atoms with E-state index in [1.54, 1.807) is 14.1 Å². The molecule has 1 heterocycles. The van der Waals surface area contributed by atoms with Crippen molar-refractivity contribution in [3.8, 4) is 0 Å². The zero-order chi connectivity index (χ0) is 14.6. The minimum Gasteiger partial charge on any atom is -0.315 e. The summed E-state index contributed by atoms with van der Waals surface area (Å²) in [6.45, 7) is 2.10. The second-order valence-corrected chi connectivity index (χ2v) is 7.36. The van der Waals surface area contributed by atoms with Gasteiger partial charge in [0.05, 0.1) is 0 Å². The Balaban J connectivity index is 2.04. The molecule has 6 heteroatoms. The monoisotopic (exact) mass is 297 g/mol. The smallest absolute Gasteiger partial charge is 0.282 e. The minimum atomic E-state index is -3.41. The Morgan fingerprint density at radius 1 is 1.25 bits per heavy atom. The maximum absolute atomic E-state index is 12.6. The van der Waals surface area contributed by atoms with Crippen LogP contribution in [-0.2, 0) is 16.8 Å². The van der Waals surface area contributed by atoms with E-state index in [9.17, 15) is 8.42 Å². The maximum atomic E-state index is 12.6. The SMILES string of the molecule is CN(Cc1ccccc1)S(=O)(=O)N(C)C1CCCNC1. The summed E-state index contributed by atoms with van der Waals surface area (Å²) in [5.74, 6) is 0. The van der Waals surface area contributed by atoms with Crippen molar-refractivity contribution in [1.29, 1.82) is 0 Å². The largest absolute Gasteiger partial charge is 0.315 e. The molecule has 112 valence electrons. The van der Waals surface area contributed by atoms with Crippen LogP contribution in [0.15, 0.2) is 30.3 Å². The molecule has 1 aromatic carbocycles. The van der Waals surface area contributed by atoms with Crippen molar-refractivity contribution in [1.82, 2.24) is 13.9 Å². The topological polar surface area (TPSA) is 52.7 Å². The lowest BCUT2D eigenvalue weighted by molar-refractivity contribution is 0.280. The van der Waals surface area contributed by atoms with Gasteiger partial charge >= 0.3 is 0 Å². The van der Waals surface area contributed by atoms with Crippen molar-refractivity contribution in [3.05, 3.63) is 35.9 Å².